The number of carbonyl (C=O) groups is 2. The summed E-state index contributed by atoms with van der Waals surface area (Å²) < 4.78 is 16.1. The van der Waals surface area contributed by atoms with E-state index in [1.54, 1.807) is 24.3 Å². The zero-order valence-corrected chi connectivity index (χ0v) is 16.7. The summed E-state index contributed by atoms with van der Waals surface area (Å²) in [6.07, 6.45) is 7.65. The van der Waals surface area contributed by atoms with E-state index in [2.05, 4.69) is 0 Å². The van der Waals surface area contributed by atoms with Gasteiger partial charge in [-0.1, -0.05) is 50.3 Å². The van der Waals surface area contributed by atoms with Gasteiger partial charge < -0.3 is 14.2 Å². The van der Waals surface area contributed by atoms with Crippen LogP contribution < -0.4 is 9.47 Å². The smallest absolute Gasteiger partial charge is 0.338 e. The molecule has 0 amide bonds. The average molecular weight is 396 g/mol. The number of esters is 2. The van der Waals surface area contributed by atoms with Crippen molar-refractivity contribution in [2.24, 2.45) is 5.92 Å². The van der Waals surface area contributed by atoms with Crippen LogP contribution >= 0.6 is 0 Å². The zero-order chi connectivity index (χ0) is 20.3. The van der Waals surface area contributed by atoms with E-state index in [0.717, 1.165) is 12.2 Å². The minimum Gasteiger partial charge on any atom is -0.490 e. The summed E-state index contributed by atoms with van der Waals surface area (Å²) in [4.78, 5) is 24.1. The fourth-order valence-corrected chi connectivity index (χ4v) is 3.53. The van der Waals surface area contributed by atoms with Crippen molar-refractivity contribution in [3.05, 3.63) is 60.2 Å². The van der Waals surface area contributed by atoms with Crippen LogP contribution in [0.5, 0.6) is 11.5 Å². The van der Waals surface area contributed by atoms with Gasteiger partial charge in [0.05, 0.1) is 5.56 Å². The monoisotopic (exact) mass is 396 g/mol. The van der Waals surface area contributed by atoms with Crippen molar-refractivity contribution in [3.63, 3.8) is 0 Å². The Hall–Kier alpha value is -2.82. The van der Waals surface area contributed by atoms with Gasteiger partial charge in [-0.15, -0.1) is 0 Å². The van der Waals surface area contributed by atoms with E-state index >= 15 is 0 Å². The van der Waals surface area contributed by atoms with Gasteiger partial charge in [0.25, 0.3) is 0 Å². The number of hydrogen-bond acceptors (Lipinski definition) is 5. The number of benzene rings is 2. The first-order chi connectivity index (χ1) is 14.2. The van der Waals surface area contributed by atoms with Gasteiger partial charge in [0.1, 0.15) is 24.7 Å². The summed E-state index contributed by atoms with van der Waals surface area (Å²) in [7, 11) is 0. The molecular formula is C24H28O5. The molecule has 0 spiro atoms. The van der Waals surface area contributed by atoms with Gasteiger partial charge in [-0.2, -0.15) is 0 Å². The van der Waals surface area contributed by atoms with Gasteiger partial charge in [0, 0.05) is 6.42 Å². The number of para-hydroxylation sites is 1. The van der Waals surface area contributed by atoms with Crippen molar-refractivity contribution in [2.75, 3.05) is 13.2 Å². The molecule has 2 aromatic carbocycles. The topological polar surface area (TPSA) is 61.8 Å². The SMILES string of the molecule is O=C(CCC1CCCCC1)Oc1ccc(C(=O)OCCOc2ccccc2)cc1. The normalized spacial score (nSPS) is 14.2. The van der Waals surface area contributed by atoms with Crippen LogP contribution in [0.25, 0.3) is 0 Å². The Morgan fingerprint density at radius 3 is 2.28 bits per heavy atom. The van der Waals surface area contributed by atoms with Crippen LogP contribution in [0.3, 0.4) is 0 Å². The van der Waals surface area contributed by atoms with Crippen LogP contribution in [0.1, 0.15) is 55.3 Å². The second-order valence-electron chi connectivity index (χ2n) is 7.34. The first kappa shape index (κ1) is 20.9. The average Bonchev–Trinajstić information content (AvgIpc) is 2.77. The van der Waals surface area contributed by atoms with Crippen LogP contribution in [0.4, 0.5) is 0 Å². The molecule has 0 unspecified atom stereocenters. The van der Waals surface area contributed by atoms with E-state index in [0.29, 0.717) is 23.7 Å². The molecule has 154 valence electrons. The fourth-order valence-electron chi connectivity index (χ4n) is 3.53. The lowest BCUT2D eigenvalue weighted by Crippen LogP contribution is -2.13. The molecule has 1 aliphatic carbocycles. The molecule has 5 heteroatoms. The fraction of sp³-hybridized carbons (Fsp3) is 0.417. The zero-order valence-electron chi connectivity index (χ0n) is 16.7. The molecule has 29 heavy (non-hydrogen) atoms. The van der Waals surface area contributed by atoms with E-state index in [-0.39, 0.29) is 19.2 Å². The molecule has 0 N–H and O–H groups in total. The molecule has 0 saturated heterocycles. The number of hydrogen-bond donors (Lipinski definition) is 0. The first-order valence-electron chi connectivity index (χ1n) is 10.4. The number of rotatable bonds is 9. The number of ether oxygens (including phenoxy) is 3. The molecular weight excluding hydrogens is 368 g/mol. The van der Waals surface area contributed by atoms with E-state index in [9.17, 15) is 9.59 Å². The lowest BCUT2D eigenvalue weighted by Gasteiger charge is -2.20. The summed E-state index contributed by atoms with van der Waals surface area (Å²) in [5, 5.41) is 0. The third kappa shape index (κ3) is 7.26. The summed E-state index contributed by atoms with van der Waals surface area (Å²) >= 11 is 0. The van der Waals surface area contributed by atoms with E-state index in [1.807, 2.05) is 30.3 Å². The van der Waals surface area contributed by atoms with Crippen molar-refractivity contribution >= 4 is 11.9 Å². The lowest BCUT2D eigenvalue weighted by atomic mass is 9.86. The predicted octanol–water partition coefficient (Wildman–Crippen LogP) is 5.19. The van der Waals surface area contributed by atoms with Gasteiger partial charge in [-0.05, 0) is 48.7 Å². The highest BCUT2D eigenvalue weighted by molar-refractivity contribution is 5.89. The highest BCUT2D eigenvalue weighted by Crippen LogP contribution is 2.27. The maximum Gasteiger partial charge on any atom is 0.338 e. The minimum atomic E-state index is -0.433. The molecule has 1 saturated carbocycles. The summed E-state index contributed by atoms with van der Waals surface area (Å²) in [5.41, 5.74) is 0.409. The third-order valence-corrected chi connectivity index (χ3v) is 5.13. The molecule has 2 aromatic rings. The molecule has 1 aliphatic rings. The van der Waals surface area contributed by atoms with Crippen molar-refractivity contribution in [1.82, 2.24) is 0 Å². The summed E-state index contributed by atoms with van der Waals surface area (Å²) in [5.74, 6) is 1.18. The van der Waals surface area contributed by atoms with Gasteiger partial charge in [0.15, 0.2) is 0 Å². The van der Waals surface area contributed by atoms with Crippen molar-refractivity contribution < 1.29 is 23.8 Å². The van der Waals surface area contributed by atoms with Crippen LogP contribution in [0.15, 0.2) is 54.6 Å². The quantitative estimate of drug-likeness (QED) is 0.332. The Balaban J connectivity index is 1.36. The minimum absolute atomic E-state index is 0.158. The lowest BCUT2D eigenvalue weighted by molar-refractivity contribution is -0.134. The van der Waals surface area contributed by atoms with E-state index in [1.165, 1.54) is 32.1 Å². The highest BCUT2D eigenvalue weighted by atomic mass is 16.6. The standard InChI is InChI=1S/C24H28O5/c25-23(16-11-19-7-3-1-4-8-19)29-22-14-12-20(13-15-22)24(26)28-18-17-27-21-9-5-2-6-10-21/h2,5-6,9-10,12-15,19H,1,3-4,7-8,11,16-18H2. The summed E-state index contributed by atoms with van der Waals surface area (Å²) in [6, 6.07) is 15.8. The maximum atomic E-state index is 12.1. The van der Waals surface area contributed by atoms with Crippen molar-refractivity contribution in [1.29, 1.82) is 0 Å². The van der Waals surface area contributed by atoms with Gasteiger partial charge >= 0.3 is 11.9 Å². The molecule has 0 bridgehead atoms. The third-order valence-electron chi connectivity index (χ3n) is 5.13. The second kappa shape index (κ2) is 11.2. The summed E-state index contributed by atoms with van der Waals surface area (Å²) in [6.45, 7) is 0.443. The highest BCUT2D eigenvalue weighted by Gasteiger charge is 2.16. The molecule has 3 rings (SSSR count). The molecule has 0 radical (unpaired) electrons. The molecule has 0 atom stereocenters. The molecule has 0 aromatic heterocycles. The van der Waals surface area contributed by atoms with Crippen LogP contribution in [-0.4, -0.2) is 25.2 Å². The Bertz CT molecular complexity index is 764. The van der Waals surface area contributed by atoms with Crippen LogP contribution in [0, 0.1) is 5.92 Å². The van der Waals surface area contributed by atoms with E-state index in [4.69, 9.17) is 14.2 Å². The molecule has 5 nitrogen and oxygen atoms in total. The van der Waals surface area contributed by atoms with Crippen molar-refractivity contribution in [3.8, 4) is 11.5 Å². The van der Waals surface area contributed by atoms with Gasteiger partial charge in [-0.3, -0.25) is 4.79 Å². The Morgan fingerprint density at radius 2 is 1.55 bits per heavy atom. The second-order valence-corrected chi connectivity index (χ2v) is 7.34. The Morgan fingerprint density at radius 1 is 0.828 bits per heavy atom. The number of carbonyl (C=O) groups excluding carboxylic acids is 2. The molecule has 1 fully saturated rings. The van der Waals surface area contributed by atoms with Crippen molar-refractivity contribution in [2.45, 2.75) is 44.9 Å². The van der Waals surface area contributed by atoms with Crippen LogP contribution in [-0.2, 0) is 9.53 Å². The van der Waals surface area contributed by atoms with Gasteiger partial charge in [-0.25, -0.2) is 4.79 Å². The first-order valence-corrected chi connectivity index (χ1v) is 10.4. The largest absolute Gasteiger partial charge is 0.490 e. The molecule has 0 aliphatic heterocycles. The van der Waals surface area contributed by atoms with Gasteiger partial charge in [0.2, 0.25) is 0 Å². The predicted molar refractivity (Wildman–Crippen MR) is 110 cm³/mol. The van der Waals surface area contributed by atoms with Crippen LogP contribution in [0.2, 0.25) is 0 Å². The molecule has 0 heterocycles. The van der Waals surface area contributed by atoms with E-state index < -0.39 is 5.97 Å². The Labute approximate surface area is 172 Å². The maximum absolute atomic E-state index is 12.1. The Kier molecular flexibility index (Phi) is 8.11.